The molecule has 192 valence electrons. The number of halogens is 2. The van der Waals surface area contributed by atoms with E-state index in [2.05, 4.69) is 20.6 Å². The number of fused-ring (bicyclic) bond motifs is 1. The number of nitrogens with one attached hydrogen (secondary N) is 2. The average Bonchev–Trinajstić information content (AvgIpc) is 2.87. The van der Waals surface area contributed by atoms with E-state index in [0.717, 1.165) is 6.54 Å². The molecule has 1 saturated heterocycles. The second kappa shape index (κ2) is 11.6. The lowest BCUT2D eigenvalue weighted by Gasteiger charge is -2.32. The van der Waals surface area contributed by atoms with Crippen LogP contribution >= 0.6 is 11.6 Å². The molecule has 1 aliphatic rings. The summed E-state index contributed by atoms with van der Waals surface area (Å²) in [6.45, 7) is 2.59. The van der Waals surface area contributed by atoms with Crippen LogP contribution in [0.3, 0.4) is 0 Å². The van der Waals surface area contributed by atoms with Crippen molar-refractivity contribution in [1.82, 2.24) is 25.1 Å². The predicted molar refractivity (Wildman–Crippen MR) is 138 cm³/mol. The molecule has 36 heavy (non-hydrogen) atoms. The van der Waals surface area contributed by atoms with Gasteiger partial charge in [-0.1, -0.05) is 17.7 Å². The summed E-state index contributed by atoms with van der Waals surface area (Å²) < 4.78 is 26.3. The number of likely N-dealkylation sites (tertiary alicyclic amines) is 1. The number of amides is 2. The number of anilines is 2. The number of aromatic nitrogens is 2. The molecule has 2 amide bonds. The maximum Gasteiger partial charge on any atom is 0.317 e. The van der Waals surface area contributed by atoms with Gasteiger partial charge in [-0.2, -0.15) is 0 Å². The van der Waals surface area contributed by atoms with Crippen molar-refractivity contribution >= 4 is 40.0 Å². The Labute approximate surface area is 214 Å². The summed E-state index contributed by atoms with van der Waals surface area (Å²) in [5, 5.41) is 6.61. The van der Waals surface area contributed by atoms with Crippen molar-refractivity contribution in [2.45, 2.75) is 18.9 Å². The van der Waals surface area contributed by atoms with Gasteiger partial charge < -0.3 is 29.9 Å². The van der Waals surface area contributed by atoms with Crippen molar-refractivity contribution in [3.8, 4) is 11.5 Å². The number of methoxy groups -OCH3 is 1. The molecule has 0 aliphatic carbocycles. The Morgan fingerprint density at radius 3 is 2.72 bits per heavy atom. The van der Waals surface area contributed by atoms with Gasteiger partial charge in [-0.15, -0.1) is 0 Å². The van der Waals surface area contributed by atoms with E-state index in [1.54, 1.807) is 31.4 Å². The Morgan fingerprint density at radius 2 is 2.00 bits per heavy atom. The number of carbonyl (C=O) groups excluding carboxylic acids is 1. The fourth-order valence-corrected chi connectivity index (χ4v) is 4.17. The van der Waals surface area contributed by atoms with E-state index in [4.69, 9.17) is 21.1 Å². The van der Waals surface area contributed by atoms with Crippen LogP contribution in [0.2, 0.25) is 5.02 Å². The molecule has 0 bridgehead atoms. The van der Waals surface area contributed by atoms with Crippen LogP contribution < -0.4 is 20.1 Å². The van der Waals surface area contributed by atoms with Crippen LogP contribution in [-0.2, 0) is 0 Å². The number of nitrogens with zero attached hydrogens (tertiary/aromatic N) is 4. The van der Waals surface area contributed by atoms with Gasteiger partial charge in [-0.3, -0.25) is 0 Å². The van der Waals surface area contributed by atoms with Gasteiger partial charge in [0.25, 0.3) is 0 Å². The molecule has 1 aromatic heterocycles. The molecule has 2 N–H and O–H groups in total. The van der Waals surface area contributed by atoms with E-state index in [9.17, 15) is 9.18 Å². The SMILES string of the molecule is COc1cc2ncnc(Nc3cccc(Cl)c3F)c2cc1OC1CCN(C(=O)NCCN(C)C)CC1. The third kappa shape index (κ3) is 6.06. The highest BCUT2D eigenvalue weighted by molar-refractivity contribution is 6.31. The zero-order valence-corrected chi connectivity index (χ0v) is 21.3. The van der Waals surface area contributed by atoms with Crippen molar-refractivity contribution in [2.24, 2.45) is 0 Å². The van der Waals surface area contributed by atoms with Gasteiger partial charge in [0.05, 0.1) is 23.3 Å². The van der Waals surface area contributed by atoms with Crippen molar-refractivity contribution in [2.75, 3.05) is 52.7 Å². The van der Waals surface area contributed by atoms with E-state index in [1.807, 2.05) is 23.9 Å². The minimum Gasteiger partial charge on any atom is -0.493 e. The lowest BCUT2D eigenvalue weighted by molar-refractivity contribution is 0.108. The number of ether oxygens (including phenoxy) is 2. The van der Waals surface area contributed by atoms with E-state index in [0.29, 0.717) is 60.7 Å². The lowest BCUT2D eigenvalue weighted by atomic mass is 10.1. The molecule has 1 aliphatic heterocycles. The van der Waals surface area contributed by atoms with Crippen LogP contribution in [0.25, 0.3) is 10.9 Å². The summed E-state index contributed by atoms with van der Waals surface area (Å²) in [5.41, 5.74) is 0.820. The first kappa shape index (κ1) is 25.7. The molecule has 2 heterocycles. The molecular weight excluding hydrogens is 487 g/mol. The topological polar surface area (TPSA) is 91.9 Å². The van der Waals surface area contributed by atoms with E-state index >= 15 is 0 Å². The first-order chi connectivity index (χ1) is 17.4. The molecule has 0 radical (unpaired) electrons. The number of benzene rings is 2. The third-order valence-corrected chi connectivity index (χ3v) is 6.28. The largest absolute Gasteiger partial charge is 0.493 e. The fourth-order valence-electron chi connectivity index (χ4n) is 4.00. The van der Waals surface area contributed by atoms with E-state index in [1.165, 1.54) is 12.4 Å². The minimum absolute atomic E-state index is 0.0155. The van der Waals surface area contributed by atoms with Crippen LogP contribution in [0, 0.1) is 5.82 Å². The Bertz CT molecular complexity index is 1220. The maximum atomic E-state index is 14.5. The first-order valence-electron chi connectivity index (χ1n) is 11.7. The Hall–Kier alpha value is -3.37. The van der Waals surface area contributed by atoms with Crippen LogP contribution in [0.4, 0.5) is 20.7 Å². The number of rotatable bonds is 8. The molecule has 0 spiro atoms. The van der Waals surface area contributed by atoms with E-state index < -0.39 is 5.82 Å². The van der Waals surface area contributed by atoms with E-state index in [-0.39, 0.29) is 22.8 Å². The molecule has 3 aromatic rings. The zero-order valence-electron chi connectivity index (χ0n) is 20.6. The summed E-state index contributed by atoms with van der Waals surface area (Å²) in [4.78, 5) is 24.9. The first-order valence-corrected chi connectivity index (χ1v) is 12.1. The third-order valence-electron chi connectivity index (χ3n) is 5.98. The molecule has 2 aromatic carbocycles. The fraction of sp³-hybridized carbons (Fsp3) is 0.400. The monoisotopic (exact) mass is 516 g/mol. The number of carbonyl (C=O) groups is 1. The van der Waals surface area contributed by atoms with Crippen molar-refractivity contribution < 1.29 is 18.7 Å². The quantitative estimate of drug-likeness (QED) is 0.461. The summed E-state index contributed by atoms with van der Waals surface area (Å²) in [5.74, 6) is 0.916. The molecular formula is C25H30ClFN6O3. The van der Waals surface area contributed by atoms with Crippen molar-refractivity contribution in [1.29, 1.82) is 0 Å². The molecule has 0 saturated carbocycles. The highest BCUT2D eigenvalue weighted by Crippen LogP contribution is 2.36. The zero-order chi connectivity index (χ0) is 25.7. The number of hydrogen-bond donors (Lipinski definition) is 2. The van der Waals surface area contributed by atoms with Crippen LogP contribution in [0.1, 0.15) is 12.8 Å². The average molecular weight is 517 g/mol. The summed E-state index contributed by atoms with van der Waals surface area (Å²) in [6.07, 6.45) is 2.68. The van der Waals surface area contributed by atoms with Gasteiger partial charge in [0.2, 0.25) is 0 Å². The molecule has 9 nitrogen and oxygen atoms in total. The molecule has 11 heteroatoms. The lowest BCUT2D eigenvalue weighted by Crippen LogP contribution is -2.47. The highest BCUT2D eigenvalue weighted by Gasteiger charge is 2.25. The maximum absolute atomic E-state index is 14.5. The second-order valence-corrected chi connectivity index (χ2v) is 9.22. The number of hydrogen-bond acceptors (Lipinski definition) is 7. The minimum atomic E-state index is -0.562. The van der Waals surface area contributed by atoms with Gasteiger partial charge in [0.15, 0.2) is 17.3 Å². The smallest absolute Gasteiger partial charge is 0.317 e. The Kier molecular flexibility index (Phi) is 8.27. The number of likely N-dealkylation sites (N-methyl/N-ethyl adjacent to an activating group) is 1. The second-order valence-electron chi connectivity index (χ2n) is 8.81. The van der Waals surface area contributed by atoms with Gasteiger partial charge in [-0.25, -0.2) is 19.2 Å². The normalized spacial score (nSPS) is 14.2. The Balaban J connectivity index is 1.48. The van der Waals surface area contributed by atoms with Crippen LogP contribution in [0.5, 0.6) is 11.5 Å². The van der Waals surface area contributed by atoms with Gasteiger partial charge >= 0.3 is 6.03 Å². The van der Waals surface area contributed by atoms with Gasteiger partial charge in [-0.05, 0) is 32.3 Å². The molecule has 1 fully saturated rings. The summed E-state index contributed by atoms with van der Waals surface area (Å²) in [7, 11) is 5.50. The van der Waals surface area contributed by atoms with Gasteiger partial charge in [0.1, 0.15) is 18.2 Å². The number of urea groups is 1. The van der Waals surface area contributed by atoms with Gasteiger partial charge in [0, 0.05) is 50.5 Å². The van der Waals surface area contributed by atoms with Crippen molar-refractivity contribution in [3.05, 3.63) is 47.5 Å². The van der Waals surface area contributed by atoms with Crippen molar-refractivity contribution in [3.63, 3.8) is 0 Å². The molecule has 0 atom stereocenters. The standard InChI is InChI=1S/C25H30ClFN6O3/c1-32(2)12-9-28-25(34)33-10-7-16(8-11-33)36-22-13-17-20(14-21(22)35-3)29-15-30-24(17)31-19-6-4-5-18(26)23(19)27/h4-6,13-16H,7-12H2,1-3H3,(H,28,34)(H,29,30,31). The summed E-state index contributed by atoms with van der Waals surface area (Å²) >= 11 is 5.92. The molecule has 0 unspecified atom stereocenters. The highest BCUT2D eigenvalue weighted by atomic mass is 35.5. The number of piperidine rings is 1. The molecule has 4 rings (SSSR count). The summed E-state index contributed by atoms with van der Waals surface area (Å²) in [6, 6.07) is 8.22. The predicted octanol–water partition coefficient (Wildman–Crippen LogP) is 4.29. The van der Waals surface area contributed by atoms with Crippen LogP contribution in [0.15, 0.2) is 36.7 Å². The van der Waals surface area contributed by atoms with Crippen LogP contribution in [-0.4, -0.2) is 79.3 Å². The Morgan fingerprint density at radius 1 is 1.22 bits per heavy atom.